The van der Waals surface area contributed by atoms with E-state index in [9.17, 15) is 27.6 Å². The lowest BCUT2D eigenvalue weighted by Gasteiger charge is -2.24. The van der Waals surface area contributed by atoms with Crippen molar-refractivity contribution in [3.05, 3.63) is 74.1 Å². The van der Waals surface area contributed by atoms with Crippen LogP contribution in [0, 0.1) is 6.92 Å². The Morgan fingerprint density at radius 3 is 2.58 bits per heavy atom. The molecule has 0 saturated heterocycles. The van der Waals surface area contributed by atoms with Gasteiger partial charge in [0.2, 0.25) is 0 Å². The Bertz CT molecular complexity index is 1260. The number of nitrogens with one attached hydrogen (secondary N) is 1. The maximum absolute atomic E-state index is 13.4. The molecule has 0 atom stereocenters. The Hall–Kier alpha value is -3.83. The molecule has 3 N–H and O–H groups in total. The van der Waals surface area contributed by atoms with Gasteiger partial charge in [0, 0.05) is 6.54 Å². The minimum atomic E-state index is -4.68. The maximum atomic E-state index is 13.4. The molecule has 0 aliphatic heterocycles. The Kier molecular flexibility index (Phi) is 6.75. The van der Waals surface area contributed by atoms with Crippen molar-refractivity contribution in [3.63, 3.8) is 0 Å². The number of furan rings is 1. The zero-order valence-electron chi connectivity index (χ0n) is 17.9. The summed E-state index contributed by atoms with van der Waals surface area (Å²) in [6.07, 6.45) is -2.00. The molecule has 0 spiro atoms. The number of aromatic nitrogens is 3. The van der Waals surface area contributed by atoms with E-state index in [1.807, 2.05) is 6.92 Å². The van der Waals surface area contributed by atoms with Crippen LogP contribution in [-0.4, -0.2) is 20.4 Å². The molecule has 0 bridgehead atoms. The number of anilines is 2. The molecule has 176 valence electrons. The van der Waals surface area contributed by atoms with Crippen LogP contribution < -0.4 is 21.9 Å². The number of carbonyl (C=O) groups is 1. The van der Waals surface area contributed by atoms with Crippen LogP contribution in [0.2, 0.25) is 0 Å². The summed E-state index contributed by atoms with van der Waals surface area (Å²) in [7, 11) is 0. The van der Waals surface area contributed by atoms with E-state index in [1.54, 1.807) is 12.1 Å². The molecule has 3 heterocycles. The summed E-state index contributed by atoms with van der Waals surface area (Å²) in [5.74, 6) is -0.788. The zero-order valence-corrected chi connectivity index (χ0v) is 17.9. The highest BCUT2D eigenvalue weighted by Crippen LogP contribution is 2.29. The maximum Gasteiger partial charge on any atom is 0.433 e. The van der Waals surface area contributed by atoms with E-state index in [1.165, 1.54) is 13.2 Å². The fourth-order valence-corrected chi connectivity index (χ4v) is 3.28. The number of unbranched alkanes of at least 4 members (excludes halogenated alkanes) is 1. The number of hydrogen-bond acceptors (Lipinski definition) is 6. The van der Waals surface area contributed by atoms with Gasteiger partial charge in [-0.2, -0.15) is 13.2 Å². The van der Waals surface area contributed by atoms with E-state index >= 15 is 0 Å². The number of hydrogen-bond donors (Lipinski definition) is 2. The zero-order chi connectivity index (χ0) is 24.3. The molecule has 0 aliphatic rings. The predicted octanol–water partition coefficient (Wildman–Crippen LogP) is 3.08. The topological polar surface area (TPSA) is 127 Å². The Morgan fingerprint density at radius 1 is 1.27 bits per heavy atom. The first-order valence-corrected chi connectivity index (χ1v) is 10.1. The van der Waals surface area contributed by atoms with Gasteiger partial charge in [-0.25, -0.2) is 9.78 Å². The van der Waals surface area contributed by atoms with Crippen LogP contribution in [0.1, 0.15) is 47.3 Å². The molecule has 3 aromatic rings. The van der Waals surface area contributed by atoms with Gasteiger partial charge in [0.1, 0.15) is 17.3 Å². The second kappa shape index (κ2) is 9.35. The molecule has 1 amide bonds. The van der Waals surface area contributed by atoms with E-state index in [4.69, 9.17) is 10.2 Å². The highest BCUT2D eigenvalue weighted by Gasteiger charge is 2.34. The Balaban J connectivity index is 2.15. The molecule has 12 heteroatoms. The number of nitrogens with zero attached hydrogens (tertiary/aromatic N) is 3. The summed E-state index contributed by atoms with van der Waals surface area (Å²) >= 11 is 0. The molecule has 3 rings (SSSR count). The molecule has 0 unspecified atom stereocenters. The van der Waals surface area contributed by atoms with Gasteiger partial charge in [0.05, 0.1) is 24.1 Å². The van der Waals surface area contributed by atoms with E-state index in [0.717, 1.165) is 22.0 Å². The minimum absolute atomic E-state index is 0.167. The smallest absolute Gasteiger partial charge is 0.433 e. The van der Waals surface area contributed by atoms with Crippen LogP contribution in [0.3, 0.4) is 0 Å². The molecular weight excluding hydrogens is 443 g/mol. The monoisotopic (exact) mass is 465 g/mol. The fourth-order valence-electron chi connectivity index (χ4n) is 3.28. The third-order valence-corrected chi connectivity index (χ3v) is 4.97. The van der Waals surface area contributed by atoms with Gasteiger partial charge < -0.3 is 10.2 Å². The number of alkyl halides is 3. The van der Waals surface area contributed by atoms with E-state index in [0.29, 0.717) is 12.5 Å². The van der Waals surface area contributed by atoms with Crippen molar-refractivity contribution in [2.75, 3.05) is 10.6 Å². The lowest BCUT2D eigenvalue weighted by atomic mass is 10.1. The average Bonchev–Trinajstić information content (AvgIpc) is 3.24. The lowest BCUT2D eigenvalue weighted by molar-refractivity contribution is -0.141. The normalized spacial score (nSPS) is 11.5. The van der Waals surface area contributed by atoms with Crippen molar-refractivity contribution in [2.24, 2.45) is 0 Å². The first kappa shape index (κ1) is 23.8. The standard InChI is InChI=1S/C21H22F3N5O4/c1-3-4-9-28-17(25)16(18(30)27-20(28)32)29(11-13-6-5-10-33-13)19(31)14-7-8-15(21(22,23)24)26-12(14)2/h5-8,10H,3-4,9,11,25H2,1-2H3,(H,27,30,32). The Labute approximate surface area is 185 Å². The van der Waals surface area contributed by atoms with Crippen molar-refractivity contribution in [3.8, 4) is 0 Å². The third kappa shape index (κ3) is 4.99. The molecule has 0 aliphatic carbocycles. The van der Waals surface area contributed by atoms with Crippen LogP contribution >= 0.6 is 0 Å². The Morgan fingerprint density at radius 2 is 2.00 bits per heavy atom. The summed E-state index contributed by atoms with van der Waals surface area (Å²) in [5.41, 5.74) is 2.68. The second-order valence-electron chi connectivity index (χ2n) is 7.30. The van der Waals surface area contributed by atoms with Crippen molar-refractivity contribution >= 4 is 17.4 Å². The summed E-state index contributed by atoms with van der Waals surface area (Å²) in [6, 6.07) is 4.79. The summed E-state index contributed by atoms with van der Waals surface area (Å²) in [6.45, 7) is 3.10. The first-order chi connectivity index (χ1) is 15.5. The van der Waals surface area contributed by atoms with Gasteiger partial charge in [0.25, 0.3) is 11.5 Å². The number of nitrogens with two attached hydrogens (primary N) is 1. The van der Waals surface area contributed by atoms with E-state index in [-0.39, 0.29) is 41.6 Å². The number of H-pyrrole nitrogens is 1. The van der Waals surface area contributed by atoms with Gasteiger partial charge in [-0.15, -0.1) is 0 Å². The number of aromatic amines is 1. The van der Waals surface area contributed by atoms with Crippen LogP contribution in [0.15, 0.2) is 44.5 Å². The largest absolute Gasteiger partial charge is 0.467 e. The van der Waals surface area contributed by atoms with Crippen LogP contribution in [0.4, 0.5) is 24.7 Å². The number of amides is 1. The van der Waals surface area contributed by atoms with Crippen molar-refractivity contribution in [1.82, 2.24) is 14.5 Å². The van der Waals surface area contributed by atoms with E-state index in [2.05, 4.69) is 9.97 Å². The third-order valence-electron chi connectivity index (χ3n) is 4.97. The quantitative estimate of drug-likeness (QED) is 0.552. The molecule has 3 aromatic heterocycles. The van der Waals surface area contributed by atoms with Crippen molar-refractivity contribution in [2.45, 2.75) is 46.0 Å². The number of carbonyl (C=O) groups excluding carboxylic acids is 1. The lowest BCUT2D eigenvalue weighted by Crippen LogP contribution is -2.41. The summed E-state index contributed by atoms with van der Waals surface area (Å²) < 4.78 is 45.4. The summed E-state index contributed by atoms with van der Waals surface area (Å²) in [4.78, 5) is 45.0. The van der Waals surface area contributed by atoms with Gasteiger partial charge in [-0.3, -0.25) is 24.0 Å². The number of nitrogen functional groups attached to an aromatic ring is 1. The van der Waals surface area contributed by atoms with Crippen LogP contribution in [-0.2, 0) is 19.3 Å². The second-order valence-corrected chi connectivity index (χ2v) is 7.30. The van der Waals surface area contributed by atoms with Crippen LogP contribution in [0.5, 0.6) is 0 Å². The highest BCUT2D eigenvalue weighted by molar-refractivity contribution is 6.07. The molecule has 33 heavy (non-hydrogen) atoms. The minimum Gasteiger partial charge on any atom is -0.467 e. The van der Waals surface area contributed by atoms with Gasteiger partial charge in [-0.1, -0.05) is 13.3 Å². The van der Waals surface area contributed by atoms with Crippen LogP contribution in [0.25, 0.3) is 0 Å². The first-order valence-electron chi connectivity index (χ1n) is 10.1. The van der Waals surface area contributed by atoms with Crippen molar-refractivity contribution in [1.29, 1.82) is 0 Å². The predicted molar refractivity (Wildman–Crippen MR) is 114 cm³/mol. The molecule has 0 aromatic carbocycles. The molecular formula is C21H22F3N5O4. The number of aryl methyl sites for hydroxylation is 1. The molecule has 0 fully saturated rings. The molecule has 0 saturated carbocycles. The molecule has 0 radical (unpaired) electrons. The van der Waals surface area contributed by atoms with Gasteiger partial charge >= 0.3 is 11.9 Å². The van der Waals surface area contributed by atoms with Gasteiger partial charge in [0.15, 0.2) is 5.69 Å². The fraction of sp³-hybridized carbons (Fsp3) is 0.333. The van der Waals surface area contributed by atoms with E-state index < -0.39 is 29.0 Å². The number of pyridine rings is 1. The number of halogens is 3. The SMILES string of the molecule is CCCCn1c(N)c(N(Cc2ccco2)C(=O)c2ccc(C(F)(F)F)nc2C)c(=O)[nH]c1=O. The summed E-state index contributed by atoms with van der Waals surface area (Å²) in [5, 5.41) is 0. The highest BCUT2D eigenvalue weighted by atomic mass is 19.4. The molecule has 9 nitrogen and oxygen atoms in total. The van der Waals surface area contributed by atoms with Gasteiger partial charge in [-0.05, 0) is 37.6 Å². The average molecular weight is 465 g/mol. The number of rotatable bonds is 7. The van der Waals surface area contributed by atoms with Crippen molar-refractivity contribution < 1.29 is 22.4 Å².